The molecule has 2 aromatic carbocycles. The molecule has 1 aliphatic carbocycles. The summed E-state index contributed by atoms with van der Waals surface area (Å²) in [6.07, 6.45) is 3.66. The van der Waals surface area contributed by atoms with Crippen LogP contribution in [0.3, 0.4) is 0 Å². The van der Waals surface area contributed by atoms with Gasteiger partial charge in [-0.3, -0.25) is 4.90 Å². The summed E-state index contributed by atoms with van der Waals surface area (Å²) < 4.78 is 1.28. The van der Waals surface area contributed by atoms with Crippen molar-refractivity contribution in [2.24, 2.45) is 0 Å². The summed E-state index contributed by atoms with van der Waals surface area (Å²) in [7, 11) is 0. The zero-order valence-electron chi connectivity index (χ0n) is 13.2. The topological polar surface area (TPSA) is 23.5 Å². The molecule has 2 aliphatic rings. The third-order valence-corrected chi connectivity index (χ3v) is 6.24. The van der Waals surface area contributed by atoms with Crippen molar-refractivity contribution in [2.75, 3.05) is 6.54 Å². The molecule has 2 aromatic rings. The molecule has 3 heteroatoms. The average Bonchev–Trinajstić information content (AvgIpc) is 2.98. The number of likely N-dealkylation sites (tertiary alicyclic amines) is 1. The van der Waals surface area contributed by atoms with E-state index < -0.39 is 0 Å². The van der Waals surface area contributed by atoms with E-state index in [1.54, 1.807) is 5.56 Å². The number of aryl methyl sites for hydroxylation is 1. The second-order valence-electron chi connectivity index (χ2n) is 6.71. The van der Waals surface area contributed by atoms with Crippen molar-refractivity contribution in [3.63, 3.8) is 0 Å². The molecule has 1 saturated heterocycles. The lowest BCUT2D eigenvalue weighted by Gasteiger charge is -2.34. The van der Waals surface area contributed by atoms with E-state index in [1.807, 2.05) is 12.1 Å². The summed E-state index contributed by atoms with van der Waals surface area (Å²) in [6, 6.07) is 15.6. The molecular weight excluding hydrogens is 350 g/mol. The predicted octanol–water partition coefficient (Wildman–Crippen LogP) is 4.25. The third kappa shape index (κ3) is 2.75. The Morgan fingerprint density at radius 2 is 1.87 bits per heavy atom. The number of rotatable bonds is 3. The first kappa shape index (κ1) is 15.4. The van der Waals surface area contributed by atoms with Crippen LogP contribution in [-0.2, 0) is 19.6 Å². The van der Waals surface area contributed by atoms with E-state index in [2.05, 4.69) is 51.2 Å². The summed E-state index contributed by atoms with van der Waals surface area (Å²) in [5.74, 6) is 0.649. The minimum atomic E-state index is 0.131. The first-order valence-electron chi connectivity index (χ1n) is 8.47. The summed E-state index contributed by atoms with van der Waals surface area (Å²) in [5.41, 5.74) is 5.40. The first-order valence-corrected chi connectivity index (χ1v) is 9.26. The molecule has 120 valence electrons. The number of hydrogen-bond acceptors (Lipinski definition) is 2. The molecule has 1 fully saturated rings. The predicted molar refractivity (Wildman–Crippen MR) is 96.4 cm³/mol. The van der Waals surface area contributed by atoms with Crippen LogP contribution < -0.4 is 0 Å². The molecule has 1 aliphatic heterocycles. The Morgan fingerprint density at radius 1 is 1.04 bits per heavy atom. The molecule has 2 atom stereocenters. The van der Waals surface area contributed by atoms with Crippen LogP contribution in [0.1, 0.15) is 41.0 Å². The highest BCUT2D eigenvalue weighted by Crippen LogP contribution is 2.44. The zero-order chi connectivity index (χ0) is 15.8. The van der Waals surface area contributed by atoms with E-state index in [1.165, 1.54) is 34.9 Å². The molecule has 1 heterocycles. The quantitative estimate of drug-likeness (QED) is 0.871. The normalized spacial score (nSPS) is 23.6. The van der Waals surface area contributed by atoms with E-state index >= 15 is 0 Å². The van der Waals surface area contributed by atoms with Gasteiger partial charge < -0.3 is 5.11 Å². The number of nitrogens with zero attached hydrogens (tertiary/aromatic N) is 1. The van der Waals surface area contributed by atoms with Crippen LogP contribution >= 0.6 is 15.9 Å². The van der Waals surface area contributed by atoms with Crippen molar-refractivity contribution < 1.29 is 5.11 Å². The lowest BCUT2D eigenvalue weighted by Crippen LogP contribution is -2.35. The molecule has 0 bridgehead atoms. The van der Waals surface area contributed by atoms with Gasteiger partial charge in [0.25, 0.3) is 0 Å². The second-order valence-corrected chi connectivity index (χ2v) is 7.57. The number of aliphatic hydroxyl groups is 1. The van der Waals surface area contributed by atoms with Gasteiger partial charge in [-0.25, -0.2) is 0 Å². The minimum Gasteiger partial charge on any atom is -0.392 e. The molecule has 0 saturated carbocycles. The highest BCUT2D eigenvalue weighted by Gasteiger charge is 2.39. The van der Waals surface area contributed by atoms with Gasteiger partial charge in [0.15, 0.2) is 0 Å². The standard InChI is InChI=1S/C20H22BrNO/c21-18-7-3-6-14-8-9-19-17(20(14)18)10-11-22(19)12-15-4-1-2-5-16(15)13-23/h1-7,17,19,23H,8-13H2/t17-,19-/m1/s1. The SMILES string of the molecule is OCc1ccccc1CN1CC[C@H]2c3c(Br)cccc3CC[C@H]21. The van der Waals surface area contributed by atoms with Gasteiger partial charge in [0.1, 0.15) is 0 Å². The lowest BCUT2D eigenvalue weighted by atomic mass is 9.79. The summed E-state index contributed by atoms with van der Waals surface area (Å²) in [5, 5.41) is 9.57. The van der Waals surface area contributed by atoms with Gasteiger partial charge in [-0.05, 0) is 54.1 Å². The van der Waals surface area contributed by atoms with E-state index in [4.69, 9.17) is 0 Å². The van der Waals surface area contributed by atoms with Gasteiger partial charge in [-0.15, -0.1) is 0 Å². The second kappa shape index (κ2) is 6.39. The van der Waals surface area contributed by atoms with Gasteiger partial charge in [0, 0.05) is 23.0 Å². The molecule has 0 spiro atoms. The summed E-state index contributed by atoms with van der Waals surface area (Å²) in [6.45, 7) is 2.24. The van der Waals surface area contributed by atoms with Crippen molar-refractivity contribution in [3.05, 3.63) is 69.2 Å². The van der Waals surface area contributed by atoms with E-state index in [0.717, 1.165) is 18.7 Å². The molecule has 2 nitrogen and oxygen atoms in total. The average molecular weight is 372 g/mol. The van der Waals surface area contributed by atoms with Gasteiger partial charge >= 0.3 is 0 Å². The highest BCUT2D eigenvalue weighted by atomic mass is 79.9. The smallest absolute Gasteiger partial charge is 0.0685 e. The Balaban J connectivity index is 1.60. The van der Waals surface area contributed by atoms with Crippen molar-refractivity contribution in [3.8, 4) is 0 Å². The fourth-order valence-electron chi connectivity index (χ4n) is 4.44. The molecule has 0 amide bonds. The maximum atomic E-state index is 9.57. The van der Waals surface area contributed by atoms with Crippen LogP contribution in [0.15, 0.2) is 46.9 Å². The Morgan fingerprint density at radius 3 is 2.70 bits per heavy atom. The van der Waals surface area contributed by atoms with E-state index in [0.29, 0.717) is 12.0 Å². The number of fused-ring (bicyclic) bond motifs is 3. The number of benzene rings is 2. The highest BCUT2D eigenvalue weighted by molar-refractivity contribution is 9.10. The van der Waals surface area contributed by atoms with E-state index in [-0.39, 0.29) is 6.61 Å². The number of aliphatic hydroxyl groups excluding tert-OH is 1. The monoisotopic (exact) mass is 371 g/mol. The number of hydrogen-bond donors (Lipinski definition) is 1. The van der Waals surface area contributed by atoms with Crippen LogP contribution in [0.2, 0.25) is 0 Å². The molecule has 23 heavy (non-hydrogen) atoms. The largest absolute Gasteiger partial charge is 0.392 e. The number of halogens is 1. The summed E-state index contributed by atoms with van der Waals surface area (Å²) in [4.78, 5) is 2.63. The Labute approximate surface area is 146 Å². The van der Waals surface area contributed by atoms with Gasteiger partial charge in [-0.2, -0.15) is 0 Å². The van der Waals surface area contributed by atoms with Crippen LogP contribution in [0, 0.1) is 0 Å². The fraction of sp³-hybridized carbons (Fsp3) is 0.400. The lowest BCUT2D eigenvalue weighted by molar-refractivity contribution is 0.215. The van der Waals surface area contributed by atoms with Crippen molar-refractivity contribution in [1.82, 2.24) is 4.90 Å². The zero-order valence-corrected chi connectivity index (χ0v) is 14.8. The molecule has 0 aromatic heterocycles. The molecular formula is C20H22BrNO. The first-order chi connectivity index (χ1) is 11.3. The maximum absolute atomic E-state index is 9.57. The molecule has 4 rings (SSSR count). The third-order valence-electron chi connectivity index (χ3n) is 5.55. The Kier molecular flexibility index (Phi) is 4.27. The minimum absolute atomic E-state index is 0.131. The van der Waals surface area contributed by atoms with Crippen LogP contribution in [0.25, 0.3) is 0 Å². The maximum Gasteiger partial charge on any atom is 0.0685 e. The van der Waals surface area contributed by atoms with Crippen LogP contribution in [0.4, 0.5) is 0 Å². The van der Waals surface area contributed by atoms with Crippen molar-refractivity contribution in [1.29, 1.82) is 0 Å². The van der Waals surface area contributed by atoms with Gasteiger partial charge in [0.2, 0.25) is 0 Å². The van der Waals surface area contributed by atoms with E-state index in [9.17, 15) is 5.11 Å². The Bertz CT molecular complexity index is 715. The molecule has 0 unspecified atom stereocenters. The van der Waals surface area contributed by atoms with Crippen LogP contribution in [-0.4, -0.2) is 22.6 Å². The Hall–Kier alpha value is -1.16. The van der Waals surface area contributed by atoms with Gasteiger partial charge in [-0.1, -0.05) is 52.3 Å². The summed E-state index contributed by atoms with van der Waals surface area (Å²) >= 11 is 3.78. The molecule has 0 radical (unpaired) electrons. The van der Waals surface area contributed by atoms with Gasteiger partial charge in [0.05, 0.1) is 6.61 Å². The fourth-order valence-corrected chi connectivity index (χ4v) is 5.14. The molecule has 1 N–H and O–H groups in total. The van der Waals surface area contributed by atoms with Crippen molar-refractivity contribution in [2.45, 2.75) is 44.4 Å². The van der Waals surface area contributed by atoms with Crippen molar-refractivity contribution >= 4 is 15.9 Å². The van der Waals surface area contributed by atoms with Crippen LogP contribution in [0.5, 0.6) is 0 Å².